The summed E-state index contributed by atoms with van der Waals surface area (Å²) in [5, 5.41) is 0. The van der Waals surface area contributed by atoms with Crippen LogP contribution in [0.4, 0.5) is 9.59 Å². The number of nitrogens with one attached hydrogen (secondary N) is 2. The average Bonchev–Trinajstić information content (AvgIpc) is 4.02. The highest BCUT2D eigenvalue weighted by atomic mass is 16.6. The Kier molecular flexibility index (Phi) is 9.24. The molecule has 2 N–H and O–H groups in total. The van der Waals surface area contributed by atoms with Crippen molar-refractivity contribution in [1.82, 2.24) is 29.7 Å². The van der Waals surface area contributed by atoms with E-state index in [0.29, 0.717) is 13.1 Å². The van der Waals surface area contributed by atoms with Gasteiger partial charge in [-0.25, -0.2) is 19.6 Å². The predicted octanol–water partition coefficient (Wildman–Crippen LogP) is 11.2. The summed E-state index contributed by atoms with van der Waals surface area (Å²) in [5.41, 5.74) is 11.1. The molecule has 10 nitrogen and oxygen atoms in total. The smallest absolute Gasteiger partial charge is 0.410 e. The largest absolute Gasteiger partial charge is 0.444 e. The SMILES string of the molecule is CC(C)(C)OC(=O)N1CCC[C@H]1c1ncc(-c2ccc(-c3ccc(-c4ccc5nc([C@@H]6CCCN6C(=O)OC(C)(C)C)[nH]c5c4)cc3)c3c2CCC32CCCC2)[nH]1. The summed E-state index contributed by atoms with van der Waals surface area (Å²) < 4.78 is 11.5. The minimum absolute atomic E-state index is 0.113. The zero-order valence-corrected chi connectivity index (χ0v) is 34.3. The molecule has 1 saturated carbocycles. The van der Waals surface area contributed by atoms with Crippen LogP contribution in [0, 0.1) is 0 Å². The summed E-state index contributed by atoms with van der Waals surface area (Å²) in [7, 11) is 0. The van der Waals surface area contributed by atoms with E-state index in [9.17, 15) is 9.59 Å². The zero-order chi connectivity index (χ0) is 39.7. The fraction of sp³-hybridized carbons (Fsp3) is 0.489. The lowest BCUT2D eigenvalue weighted by atomic mass is 9.76. The lowest BCUT2D eigenvalue weighted by Crippen LogP contribution is -2.36. The van der Waals surface area contributed by atoms with Crippen molar-refractivity contribution in [1.29, 1.82) is 0 Å². The van der Waals surface area contributed by atoms with Crippen LogP contribution < -0.4 is 0 Å². The Hall–Kier alpha value is -5.12. The molecule has 298 valence electrons. The van der Waals surface area contributed by atoms with Gasteiger partial charge >= 0.3 is 12.2 Å². The van der Waals surface area contributed by atoms with Gasteiger partial charge in [-0.1, -0.05) is 55.3 Å². The topological polar surface area (TPSA) is 116 Å². The van der Waals surface area contributed by atoms with E-state index >= 15 is 0 Å². The maximum atomic E-state index is 13.1. The summed E-state index contributed by atoms with van der Waals surface area (Å²) >= 11 is 0. The van der Waals surface area contributed by atoms with E-state index in [0.717, 1.165) is 71.6 Å². The Labute approximate surface area is 335 Å². The molecule has 9 rings (SSSR count). The van der Waals surface area contributed by atoms with Crippen LogP contribution in [0.15, 0.2) is 60.8 Å². The van der Waals surface area contributed by atoms with E-state index < -0.39 is 11.2 Å². The molecule has 0 radical (unpaired) electrons. The van der Waals surface area contributed by atoms with Gasteiger partial charge in [0.2, 0.25) is 0 Å². The molecule has 3 fully saturated rings. The standard InChI is InChI=1S/C47H56N6O4/c1-45(2,3)56-43(54)52-25-9-11-38(52)41-48-28-37(51-41)33-19-18-32(40-34(33)21-24-47(40)22-7-8-23-47)30-15-13-29(14-16-30)31-17-20-35-36(27-31)50-42(49-35)39-12-10-26-53(39)44(55)57-46(4,5)6/h13-20,27-28,38-39H,7-12,21-26H2,1-6H3,(H,48,51)(H,49,50)/t38-,39-/m0/s1. The molecule has 2 saturated heterocycles. The Morgan fingerprint density at radius 1 is 0.702 bits per heavy atom. The number of rotatable bonds is 5. The number of fused-ring (bicyclic) bond motifs is 3. The highest BCUT2D eigenvalue weighted by Gasteiger charge is 2.44. The summed E-state index contributed by atoms with van der Waals surface area (Å²) in [6, 6.07) is 19.8. The number of ether oxygens (including phenoxy) is 2. The van der Waals surface area contributed by atoms with E-state index in [2.05, 4.69) is 64.6 Å². The molecule has 4 heterocycles. The molecule has 0 bridgehead atoms. The first-order valence-electron chi connectivity index (χ1n) is 21.1. The van der Waals surface area contributed by atoms with E-state index in [-0.39, 0.29) is 29.7 Å². The Bertz CT molecular complexity index is 2320. The van der Waals surface area contributed by atoms with Crippen LogP contribution in [0.3, 0.4) is 0 Å². The number of aromatic amines is 2. The number of hydrogen-bond acceptors (Lipinski definition) is 6. The van der Waals surface area contributed by atoms with Crippen molar-refractivity contribution < 1.29 is 19.1 Å². The third-order valence-electron chi connectivity index (χ3n) is 12.6. The second-order valence-corrected chi connectivity index (χ2v) is 18.8. The number of carbonyl (C=O) groups excluding carboxylic acids is 2. The number of imidazole rings is 2. The van der Waals surface area contributed by atoms with E-state index in [1.54, 1.807) is 0 Å². The van der Waals surface area contributed by atoms with Gasteiger partial charge in [0.25, 0.3) is 0 Å². The molecule has 4 aliphatic rings. The first kappa shape index (κ1) is 37.5. The molecule has 5 aromatic rings. The molecule has 1 spiro atoms. The van der Waals surface area contributed by atoms with Crippen LogP contribution in [-0.2, 0) is 21.3 Å². The highest BCUT2D eigenvalue weighted by Crippen LogP contribution is 2.55. The van der Waals surface area contributed by atoms with E-state index in [1.807, 2.05) is 57.5 Å². The Balaban J connectivity index is 0.988. The van der Waals surface area contributed by atoms with Crippen molar-refractivity contribution in [3.05, 3.63) is 83.6 Å². The molecule has 2 amide bonds. The van der Waals surface area contributed by atoms with Crippen LogP contribution in [0.5, 0.6) is 0 Å². The van der Waals surface area contributed by atoms with Crippen molar-refractivity contribution in [3.63, 3.8) is 0 Å². The van der Waals surface area contributed by atoms with Crippen molar-refractivity contribution >= 4 is 23.2 Å². The minimum atomic E-state index is -0.542. The van der Waals surface area contributed by atoms with Crippen molar-refractivity contribution in [2.24, 2.45) is 0 Å². The lowest BCUT2D eigenvalue weighted by molar-refractivity contribution is 0.0208. The Morgan fingerprint density at radius 2 is 1.30 bits per heavy atom. The molecule has 3 aromatic carbocycles. The van der Waals surface area contributed by atoms with Gasteiger partial charge in [0.15, 0.2) is 0 Å². The van der Waals surface area contributed by atoms with Gasteiger partial charge in [-0.3, -0.25) is 9.80 Å². The van der Waals surface area contributed by atoms with E-state index in [4.69, 9.17) is 19.4 Å². The number of benzene rings is 3. The van der Waals surface area contributed by atoms with Crippen LogP contribution in [0.25, 0.3) is 44.5 Å². The third-order valence-corrected chi connectivity index (χ3v) is 12.6. The van der Waals surface area contributed by atoms with E-state index in [1.165, 1.54) is 59.9 Å². The number of amides is 2. The number of H-pyrrole nitrogens is 2. The summed E-state index contributed by atoms with van der Waals surface area (Å²) in [6.45, 7) is 12.8. The quantitative estimate of drug-likeness (QED) is 0.184. The number of nitrogens with zero attached hydrogens (tertiary/aromatic N) is 4. The normalized spacial score (nSPS) is 20.5. The molecule has 0 unspecified atom stereocenters. The molecular weight excluding hydrogens is 713 g/mol. The highest BCUT2D eigenvalue weighted by molar-refractivity contribution is 5.84. The fourth-order valence-corrected chi connectivity index (χ4v) is 10.1. The number of carbonyl (C=O) groups is 2. The van der Waals surface area contributed by atoms with Gasteiger partial charge in [0.1, 0.15) is 22.9 Å². The first-order chi connectivity index (χ1) is 27.3. The second-order valence-electron chi connectivity index (χ2n) is 18.8. The van der Waals surface area contributed by atoms with Crippen LogP contribution in [0.2, 0.25) is 0 Å². The van der Waals surface area contributed by atoms with Crippen molar-refractivity contribution in [3.8, 4) is 33.5 Å². The summed E-state index contributed by atoms with van der Waals surface area (Å²) in [5.74, 6) is 1.65. The average molecular weight is 769 g/mol. The molecule has 2 aliphatic carbocycles. The Morgan fingerprint density at radius 3 is 1.95 bits per heavy atom. The van der Waals surface area contributed by atoms with Crippen LogP contribution >= 0.6 is 0 Å². The van der Waals surface area contributed by atoms with Gasteiger partial charge in [0, 0.05) is 18.7 Å². The van der Waals surface area contributed by atoms with Gasteiger partial charge in [-0.05, 0) is 144 Å². The number of aromatic nitrogens is 4. The molecular formula is C47H56N6O4. The van der Waals surface area contributed by atoms with Crippen LogP contribution in [-0.4, -0.2) is 66.2 Å². The minimum Gasteiger partial charge on any atom is -0.444 e. The van der Waals surface area contributed by atoms with Crippen LogP contribution in [0.1, 0.15) is 134 Å². The van der Waals surface area contributed by atoms with Gasteiger partial charge in [-0.2, -0.15) is 0 Å². The summed E-state index contributed by atoms with van der Waals surface area (Å²) in [6.07, 6.45) is 12.2. The second kappa shape index (κ2) is 14.1. The fourth-order valence-electron chi connectivity index (χ4n) is 10.1. The predicted molar refractivity (Wildman–Crippen MR) is 223 cm³/mol. The molecule has 2 aromatic heterocycles. The molecule has 10 heteroatoms. The third kappa shape index (κ3) is 7.10. The molecule has 2 atom stereocenters. The van der Waals surface area contributed by atoms with Crippen molar-refractivity contribution in [2.45, 2.75) is 134 Å². The zero-order valence-electron chi connectivity index (χ0n) is 34.3. The van der Waals surface area contributed by atoms with Gasteiger partial charge < -0.3 is 19.4 Å². The first-order valence-corrected chi connectivity index (χ1v) is 21.1. The van der Waals surface area contributed by atoms with Gasteiger partial charge in [-0.15, -0.1) is 0 Å². The summed E-state index contributed by atoms with van der Waals surface area (Å²) in [4.78, 5) is 46.7. The number of hydrogen-bond donors (Lipinski definition) is 2. The van der Waals surface area contributed by atoms with Gasteiger partial charge in [0.05, 0.1) is 35.0 Å². The maximum absolute atomic E-state index is 13.1. The lowest BCUT2D eigenvalue weighted by Gasteiger charge is -2.28. The van der Waals surface area contributed by atoms with Crippen molar-refractivity contribution in [2.75, 3.05) is 13.1 Å². The molecule has 2 aliphatic heterocycles. The maximum Gasteiger partial charge on any atom is 0.410 e. The number of likely N-dealkylation sites (tertiary alicyclic amines) is 2. The monoisotopic (exact) mass is 768 g/mol. The molecule has 57 heavy (non-hydrogen) atoms.